The third-order valence-electron chi connectivity index (χ3n) is 5.82. The molecule has 11 heteroatoms. The molecule has 1 saturated carbocycles. The van der Waals surface area contributed by atoms with Crippen molar-refractivity contribution in [2.75, 3.05) is 26.2 Å². The van der Waals surface area contributed by atoms with Gasteiger partial charge in [0.05, 0.1) is 11.4 Å². The second-order valence-corrected chi connectivity index (χ2v) is 11.2. The van der Waals surface area contributed by atoms with Crippen molar-refractivity contribution < 1.29 is 13.2 Å². The topological polar surface area (TPSA) is 108 Å². The first-order valence-corrected chi connectivity index (χ1v) is 12.7. The number of piperazine rings is 1. The Morgan fingerprint density at radius 1 is 1.12 bits per heavy atom. The van der Waals surface area contributed by atoms with Gasteiger partial charge in [0, 0.05) is 37.8 Å². The number of aromatic amines is 1. The summed E-state index contributed by atoms with van der Waals surface area (Å²) in [5, 5.41) is 4.70. The number of H-pyrrole nitrogens is 1. The zero-order valence-electron chi connectivity index (χ0n) is 17.5. The summed E-state index contributed by atoms with van der Waals surface area (Å²) < 4.78 is 29.0. The summed E-state index contributed by atoms with van der Waals surface area (Å²) in [6, 6.07) is 11.4. The molecule has 168 valence electrons. The zero-order chi connectivity index (χ0) is 22.5. The number of benzene rings is 1. The first kappa shape index (κ1) is 21.1. The molecule has 1 saturated heterocycles. The van der Waals surface area contributed by atoms with Crippen molar-refractivity contribution >= 4 is 27.3 Å². The number of para-hydroxylation sites is 1. The Morgan fingerprint density at radius 3 is 2.41 bits per heavy atom. The summed E-state index contributed by atoms with van der Waals surface area (Å²) in [7, 11) is -3.77. The van der Waals surface area contributed by atoms with Crippen LogP contribution in [0.15, 0.2) is 45.4 Å². The molecule has 2 aliphatic rings. The number of rotatable bonds is 5. The lowest BCUT2D eigenvalue weighted by atomic mass is 10.2. The number of amides is 1. The summed E-state index contributed by atoms with van der Waals surface area (Å²) in [6.07, 6.45) is 2.17. The maximum absolute atomic E-state index is 13.4. The second kappa shape index (κ2) is 7.98. The first-order valence-electron chi connectivity index (χ1n) is 10.5. The Balaban J connectivity index is 1.36. The van der Waals surface area contributed by atoms with Gasteiger partial charge in [0.15, 0.2) is 4.21 Å². The van der Waals surface area contributed by atoms with Crippen molar-refractivity contribution in [3.05, 3.63) is 63.1 Å². The van der Waals surface area contributed by atoms with Crippen LogP contribution in [0.5, 0.6) is 0 Å². The van der Waals surface area contributed by atoms with Crippen LogP contribution in [0.3, 0.4) is 0 Å². The van der Waals surface area contributed by atoms with Crippen LogP contribution >= 0.6 is 11.3 Å². The van der Waals surface area contributed by atoms with Crippen molar-refractivity contribution in [1.29, 1.82) is 0 Å². The third kappa shape index (κ3) is 3.80. The van der Waals surface area contributed by atoms with Gasteiger partial charge in [-0.05, 0) is 38.0 Å². The summed E-state index contributed by atoms with van der Waals surface area (Å²) in [4.78, 5) is 28.7. The molecule has 2 fully saturated rings. The largest absolute Gasteiger partial charge is 0.335 e. The van der Waals surface area contributed by atoms with E-state index in [1.54, 1.807) is 16.5 Å². The van der Waals surface area contributed by atoms with Gasteiger partial charge in [0.25, 0.3) is 15.9 Å². The van der Waals surface area contributed by atoms with Gasteiger partial charge in [-0.1, -0.05) is 29.5 Å². The molecule has 1 aliphatic carbocycles. The predicted octanol–water partition coefficient (Wildman–Crippen LogP) is 1.95. The van der Waals surface area contributed by atoms with Crippen molar-refractivity contribution in [2.24, 2.45) is 0 Å². The summed E-state index contributed by atoms with van der Waals surface area (Å²) >= 11 is 0.697. The fraction of sp³-hybridized carbons (Fsp3) is 0.381. The molecule has 0 bridgehead atoms. The van der Waals surface area contributed by atoms with E-state index in [4.69, 9.17) is 5.10 Å². The highest BCUT2D eigenvalue weighted by molar-refractivity contribution is 7.91. The Bertz CT molecular complexity index is 1310. The summed E-state index contributed by atoms with van der Waals surface area (Å²) in [6.45, 7) is 2.47. The highest BCUT2D eigenvalue weighted by Crippen LogP contribution is 2.40. The lowest BCUT2D eigenvalue weighted by Gasteiger charge is -2.33. The van der Waals surface area contributed by atoms with E-state index in [1.165, 1.54) is 4.31 Å². The Labute approximate surface area is 189 Å². The van der Waals surface area contributed by atoms with Crippen molar-refractivity contribution in [2.45, 2.75) is 29.9 Å². The molecule has 9 nitrogen and oxygen atoms in total. The van der Waals surface area contributed by atoms with Crippen molar-refractivity contribution in [3.63, 3.8) is 0 Å². The number of hydrogen-bond acceptors (Lipinski definition) is 6. The van der Waals surface area contributed by atoms with Gasteiger partial charge in [-0.25, -0.2) is 13.1 Å². The molecule has 1 N–H and O–H groups in total. The van der Waals surface area contributed by atoms with Crippen LogP contribution < -0.4 is 4.87 Å². The van der Waals surface area contributed by atoms with Gasteiger partial charge in [0.1, 0.15) is 5.69 Å². The van der Waals surface area contributed by atoms with Gasteiger partial charge in [-0.3, -0.25) is 9.59 Å². The minimum atomic E-state index is -3.77. The average Bonchev–Trinajstić information content (AvgIpc) is 3.45. The number of carbonyl (C=O) groups excluding carboxylic acids is 1. The molecule has 1 aromatic carbocycles. The normalized spacial score (nSPS) is 17.6. The first-order chi connectivity index (χ1) is 15.3. The quantitative estimate of drug-likeness (QED) is 0.609. The van der Waals surface area contributed by atoms with Gasteiger partial charge in [-0.15, -0.1) is 0 Å². The Hall–Kier alpha value is -2.76. The fourth-order valence-corrected chi connectivity index (χ4v) is 6.80. The van der Waals surface area contributed by atoms with Gasteiger partial charge < -0.3 is 9.88 Å². The molecule has 0 unspecified atom stereocenters. The van der Waals surface area contributed by atoms with E-state index in [0.29, 0.717) is 28.6 Å². The maximum Gasteiger partial charge on any atom is 0.305 e. The molecule has 0 radical (unpaired) electrons. The molecular formula is C21H23N5O4S2. The third-order valence-corrected chi connectivity index (χ3v) is 9.31. The van der Waals surface area contributed by atoms with Gasteiger partial charge >= 0.3 is 4.87 Å². The van der Waals surface area contributed by atoms with E-state index >= 15 is 0 Å². The highest BCUT2D eigenvalue weighted by atomic mass is 32.2. The van der Waals surface area contributed by atoms with E-state index in [0.717, 1.165) is 24.2 Å². The standard InChI is InChI=1S/C21H23N5O4S2/c1-14-20(31-21(28)22-14)32(29,30)25-11-9-24(10-12-25)19(27)18-13-17(15-7-8-15)23-26(18)16-5-3-2-4-6-16/h2-6,13,15H,7-12H2,1H3,(H,22,28). The van der Waals surface area contributed by atoms with E-state index in [1.807, 2.05) is 36.4 Å². The lowest BCUT2D eigenvalue weighted by molar-refractivity contribution is 0.0688. The van der Waals surface area contributed by atoms with Gasteiger partial charge in [0.2, 0.25) is 0 Å². The molecule has 0 atom stereocenters. The molecule has 32 heavy (non-hydrogen) atoms. The zero-order valence-corrected chi connectivity index (χ0v) is 19.2. The van der Waals surface area contributed by atoms with Crippen LogP contribution in [-0.2, 0) is 10.0 Å². The number of thiazole rings is 1. The summed E-state index contributed by atoms with van der Waals surface area (Å²) in [5.41, 5.74) is 2.59. The molecule has 3 heterocycles. The van der Waals surface area contributed by atoms with Crippen molar-refractivity contribution in [1.82, 2.24) is 24.0 Å². The SMILES string of the molecule is Cc1[nH]c(=O)sc1S(=O)(=O)N1CCN(C(=O)c2cc(C3CC3)nn2-c2ccccc2)CC1. The van der Waals surface area contributed by atoms with Crippen LogP contribution in [0.25, 0.3) is 5.69 Å². The molecule has 5 rings (SSSR count). The minimum Gasteiger partial charge on any atom is -0.335 e. The monoisotopic (exact) mass is 473 g/mol. The van der Waals surface area contributed by atoms with Gasteiger partial charge in [-0.2, -0.15) is 9.40 Å². The molecule has 2 aromatic heterocycles. The number of nitrogens with one attached hydrogen (secondary N) is 1. The van der Waals surface area contributed by atoms with Crippen LogP contribution in [0.1, 0.15) is 40.6 Å². The van der Waals surface area contributed by atoms with Crippen LogP contribution in [0.4, 0.5) is 0 Å². The molecule has 1 aliphatic heterocycles. The van der Waals surface area contributed by atoms with E-state index in [2.05, 4.69) is 4.98 Å². The molecule has 3 aromatic rings. The number of aryl methyl sites for hydroxylation is 1. The average molecular weight is 474 g/mol. The van der Waals surface area contributed by atoms with Crippen LogP contribution in [0.2, 0.25) is 0 Å². The minimum absolute atomic E-state index is 0.0403. The number of carbonyl (C=O) groups is 1. The molecule has 0 spiro atoms. The maximum atomic E-state index is 13.4. The second-order valence-electron chi connectivity index (χ2n) is 8.10. The number of nitrogens with zero attached hydrogens (tertiary/aromatic N) is 4. The number of aromatic nitrogens is 3. The van der Waals surface area contributed by atoms with E-state index in [-0.39, 0.29) is 36.3 Å². The number of hydrogen-bond donors (Lipinski definition) is 1. The summed E-state index contributed by atoms with van der Waals surface area (Å²) in [5.74, 6) is 0.248. The lowest BCUT2D eigenvalue weighted by Crippen LogP contribution is -2.50. The Kier molecular flexibility index (Phi) is 5.26. The van der Waals surface area contributed by atoms with Crippen LogP contribution in [-0.4, -0.2) is 64.5 Å². The predicted molar refractivity (Wildman–Crippen MR) is 120 cm³/mol. The van der Waals surface area contributed by atoms with Crippen molar-refractivity contribution in [3.8, 4) is 5.69 Å². The van der Waals surface area contributed by atoms with E-state index in [9.17, 15) is 18.0 Å². The fourth-order valence-electron chi connectivity index (χ4n) is 3.94. The molecule has 1 amide bonds. The van der Waals surface area contributed by atoms with Crippen LogP contribution in [0, 0.1) is 6.92 Å². The van der Waals surface area contributed by atoms with E-state index < -0.39 is 14.9 Å². The number of sulfonamides is 1. The molecular weight excluding hydrogens is 450 g/mol. The smallest absolute Gasteiger partial charge is 0.305 e. The Morgan fingerprint density at radius 2 is 1.81 bits per heavy atom. The highest BCUT2D eigenvalue weighted by Gasteiger charge is 2.35.